The van der Waals surface area contributed by atoms with Crippen LogP contribution in [0.4, 0.5) is 0 Å². The molecular weight excluding hydrogens is 343 g/mol. The maximum atomic E-state index is 13.2. The minimum Gasteiger partial charge on any atom is -0.415 e. The van der Waals surface area contributed by atoms with Crippen molar-refractivity contribution in [1.29, 1.82) is 0 Å². The van der Waals surface area contributed by atoms with Gasteiger partial charge in [-0.2, -0.15) is 0 Å². The Kier molecular flexibility index (Phi) is 3.35. The van der Waals surface area contributed by atoms with E-state index < -0.39 is 7.60 Å². The fourth-order valence-electron chi connectivity index (χ4n) is 3.62. The summed E-state index contributed by atoms with van der Waals surface area (Å²) in [7, 11) is -3.26. The van der Waals surface area contributed by atoms with Crippen LogP contribution < -0.4 is 9.05 Å². The van der Waals surface area contributed by atoms with E-state index in [0.717, 1.165) is 32.7 Å². The van der Waals surface area contributed by atoms with Gasteiger partial charge in [0.2, 0.25) is 0 Å². The predicted molar refractivity (Wildman–Crippen MR) is 106 cm³/mol. The van der Waals surface area contributed by atoms with Crippen molar-refractivity contribution in [3.8, 4) is 22.6 Å². The van der Waals surface area contributed by atoms with E-state index in [2.05, 4.69) is 24.3 Å². The Balaban J connectivity index is 2.00. The van der Waals surface area contributed by atoms with E-state index in [0.29, 0.717) is 17.7 Å². The lowest BCUT2D eigenvalue weighted by molar-refractivity contribution is 0.393. The molecule has 4 aromatic rings. The van der Waals surface area contributed by atoms with Crippen molar-refractivity contribution in [2.24, 2.45) is 0 Å². The molecule has 0 bridgehead atoms. The summed E-state index contributed by atoms with van der Waals surface area (Å²) in [5.74, 6) is 1.23. The average molecular weight is 360 g/mol. The second-order valence-corrected chi connectivity index (χ2v) is 8.65. The summed E-state index contributed by atoms with van der Waals surface area (Å²) < 4.78 is 25.1. The minimum absolute atomic E-state index is 0.311. The van der Waals surface area contributed by atoms with E-state index in [4.69, 9.17) is 9.05 Å². The van der Waals surface area contributed by atoms with Crippen molar-refractivity contribution in [3.05, 3.63) is 72.8 Å². The molecule has 0 saturated heterocycles. The molecule has 0 spiro atoms. The largest absolute Gasteiger partial charge is 0.430 e. The normalized spacial score (nSPS) is 14.8. The summed E-state index contributed by atoms with van der Waals surface area (Å²) in [5.41, 5.74) is 1.89. The Bertz CT molecular complexity index is 1120. The van der Waals surface area contributed by atoms with Gasteiger partial charge in [0.05, 0.1) is 6.16 Å². The Labute approximate surface area is 151 Å². The first-order valence-corrected chi connectivity index (χ1v) is 10.4. The molecule has 0 atom stereocenters. The van der Waals surface area contributed by atoms with Crippen molar-refractivity contribution in [3.63, 3.8) is 0 Å². The van der Waals surface area contributed by atoms with Crippen LogP contribution in [0.3, 0.4) is 0 Å². The van der Waals surface area contributed by atoms with Gasteiger partial charge in [0.1, 0.15) is 11.5 Å². The molecule has 0 fully saturated rings. The van der Waals surface area contributed by atoms with Crippen LogP contribution in [-0.2, 0) is 4.57 Å². The highest BCUT2D eigenvalue weighted by Gasteiger charge is 2.33. The Morgan fingerprint density at radius 3 is 1.62 bits per heavy atom. The van der Waals surface area contributed by atoms with Gasteiger partial charge in [-0.25, -0.2) is 4.57 Å². The summed E-state index contributed by atoms with van der Waals surface area (Å²) >= 11 is 0. The lowest BCUT2D eigenvalue weighted by Gasteiger charge is -2.16. The van der Waals surface area contributed by atoms with Gasteiger partial charge in [-0.15, -0.1) is 0 Å². The maximum absolute atomic E-state index is 13.2. The van der Waals surface area contributed by atoms with Gasteiger partial charge < -0.3 is 9.05 Å². The molecule has 0 aliphatic carbocycles. The van der Waals surface area contributed by atoms with Crippen LogP contribution in [0, 0.1) is 0 Å². The molecule has 1 heterocycles. The molecule has 0 aromatic heterocycles. The topological polar surface area (TPSA) is 35.5 Å². The standard InChI is InChI=1S/C22H17O3P/c1-2-26(23)24-19-13-11-15-7-3-5-9-17(15)21(19)22-18-10-6-4-8-16(18)12-14-20(22)25-26/h3-14H,2H2,1H3. The van der Waals surface area contributed by atoms with Crippen molar-refractivity contribution in [1.82, 2.24) is 0 Å². The monoisotopic (exact) mass is 360 g/mol. The smallest absolute Gasteiger partial charge is 0.415 e. The van der Waals surface area contributed by atoms with Crippen LogP contribution in [0.2, 0.25) is 0 Å². The molecular formula is C22H17O3P. The van der Waals surface area contributed by atoms with E-state index in [-0.39, 0.29) is 0 Å². The molecule has 5 rings (SSSR count). The van der Waals surface area contributed by atoms with Crippen LogP contribution in [0.25, 0.3) is 32.7 Å². The van der Waals surface area contributed by atoms with Gasteiger partial charge >= 0.3 is 7.60 Å². The third-order valence-corrected chi connectivity index (χ3v) is 6.62. The molecule has 128 valence electrons. The van der Waals surface area contributed by atoms with Gasteiger partial charge in [-0.3, -0.25) is 0 Å². The second-order valence-electron chi connectivity index (χ2n) is 6.43. The number of hydrogen-bond donors (Lipinski definition) is 0. The van der Waals surface area contributed by atoms with Gasteiger partial charge in [-0.1, -0.05) is 67.6 Å². The number of rotatable bonds is 1. The molecule has 1 aliphatic rings. The number of hydrogen-bond acceptors (Lipinski definition) is 3. The van der Waals surface area contributed by atoms with Crippen LogP contribution in [0.5, 0.6) is 11.5 Å². The van der Waals surface area contributed by atoms with Crippen LogP contribution in [-0.4, -0.2) is 6.16 Å². The molecule has 26 heavy (non-hydrogen) atoms. The molecule has 4 aromatic carbocycles. The second kappa shape index (κ2) is 5.62. The summed E-state index contributed by atoms with van der Waals surface area (Å²) in [6, 6.07) is 24.2. The van der Waals surface area contributed by atoms with E-state index in [9.17, 15) is 4.57 Å². The van der Waals surface area contributed by atoms with Crippen molar-refractivity contribution in [2.75, 3.05) is 6.16 Å². The number of fused-ring (bicyclic) bond motifs is 7. The molecule has 3 nitrogen and oxygen atoms in total. The highest BCUT2D eigenvalue weighted by Crippen LogP contribution is 2.58. The molecule has 4 heteroatoms. The highest BCUT2D eigenvalue weighted by atomic mass is 31.2. The summed E-state index contributed by atoms with van der Waals surface area (Å²) in [6.07, 6.45) is 0.311. The Hall–Kier alpha value is -2.77. The van der Waals surface area contributed by atoms with Gasteiger partial charge in [0.25, 0.3) is 0 Å². The van der Waals surface area contributed by atoms with E-state index in [1.807, 2.05) is 55.5 Å². The first kappa shape index (κ1) is 15.5. The Morgan fingerprint density at radius 2 is 1.15 bits per heavy atom. The van der Waals surface area contributed by atoms with E-state index in [1.54, 1.807) is 0 Å². The molecule has 1 aliphatic heterocycles. The molecule has 0 saturated carbocycles. The predicted octanol–water partition coefficient (Wildman–Crippen LogP) is 6.64. The van der Waals surface area contributed by atoms with Gasteiger partial charge in [0, 0.05) is 11.1 Å². The SMILES string of the molecule is CCP1(=O)Oc2ccc3ccccc3c2-c2c(ccc3ccccc23)O1. The molecule has 0 N–H and O–H groups in total. The third-order valence-electron chi connectivity index (χ3n) is 4.89. The lowest BCUT2D eigenvalue weighted by Crippen LogP contribution is -2.01. The molecule has 0 radical (unpaired) electrons. The van der Waals surface area contributed by atoms with Crippen LogP contribution >= 0.6 is 7.60 Å². The average Bonchev–Trinajstić information content (AvgIpc) is 2.82. The number of benzene rings is 4. The quantitative estimate of drug-likeness (QED) is 0.357. The minimum atomic E-state index is -3.26. The maximum Gasteiger partial charge on any atom is 0.430 e. The first-order chi connectivity index (χ1) is 12.7. The van der Waals surface area contributed by atoms with Gasteiger partial charge in [-0.05, 0) is 33.7 Å². The lowest BCUT2D eigenvalue weighted by atomic mass is 9.92. The zero-order chi connectivity index (χ0) is 17.7. The summed E-state index contributed by atoms with van der Waals surface area (Å²) in [4.78, 5) is 0. The van der Waals surface area contributed by atoms with Crippen molar-refractivity contribution in [2.45, 2.75) is 6.92 Å². The third kappa shape index (κ3) is 2.24. The highest BCUT2D eigenvalue weighted by molar-refractivity contribution is 7.54. The Morgan fingerprint density at radius 1 is 0.692 bits per heavy atom. The van der Waals surface area contributed by atoms with Crippen molar-refractivity contribution < 1.29 is 13.6 Å². The molecule has 0 unspecified atom stereocenters. The zero-order valence-corrected chi connectivity index (χ0v) is 15.2. The summed E-state index contributed by atoms with van der Waals surface area (Å²) in [5, 5.41) is 4.36. The zero-order valence-electron chi connectivity index (χ0n) is 14.3. The first-order valence-electron chi connectivity index (χ1n) is 8.71. The van der Waals surface area contributed by atoms with Crippen molar-refractivity contribution >= 4 is 29.1 Å². The fraction of sp³-hybridized carbons (Fsp3) is 0.0909. The van der Waals surface area contributed by atoms with Crippen LogP contribution in [0.15, 0.2) is 72.8 Å². The fourth-order valence-corrected chi connectivity index (χ4v) is 4.82. The van der Waals surface area contributed by atoms with Gasteiger partial charge in [0.15, 0.2) is 0 Å². The molecule has 0 amide bonds. The summed E-state index contributed by atoms with van der Waals surface area (Å²) in [6.45, 7) is 1.83. The van der Waals surface area contributed by atoms with E-state index in [1.165, 1.54) is 0 Å². The van der Waals surface area contributed by atoms with Crippen LogP contribution in [0.1, 0.15) is 6.92 Å². The van der Waals surface area contributed by atoms with E-state index >= 15 is 0 Å².